The van der Waals surface area contributed by atoms with E-state index in [1.165, 1.54) is 6.07 Å². The summed E-state index contributed by atoms with van der Waals surface area (Å²) in [5.41, 5.74) is 8.50. The highest BCUT2D eigenvalue weighted by atomic mass is 16.5. The topological polar surface area (TPSA) is 81.9 Å². The molecule has 154 valence electrons. The maximum atomic E-state index is 12.4. The van der Waals surface area contributed by atoms with Crippen LogP contribution in [0.5, 0.6) is 5.75 Å². The van der Waals surface area contributed by atoms with Crippen molar-refractivity contribution < 1.29 is 19.1 Å². The molecule has 0 atom stereocenters. The monoisotopic (exact) mass is 404 g/mol. The second-order valence-corrected chi connectivity index (χ2v) is 6.84. The van der Waals surface area contributed by atoms with E-state index in [4.69, 9.17) is 15.2 Å². The van der Waals surface area contributed by atoms with Crippen LogP contribution in [0.2, 0.25) is 0 Å². The van der Waals surface area contributed by atoms with Gasteiger partial charge in [0.1, 0.15) is 12.4 Å². The molecule has 3 aromatic carbocycles. The first kappa shape index (κ1) is 20.9. The van der Waals surface area contributed by atoms with E-state index >= 15 is 0 Å². The Morgan fingerprint density at radius 1 is 0.900 bits per heavy atom. The highest BCUT2D eigenvalue weighted by Crippen LogP contribution is 2.23. The number of likely N-dealkylation sites (N-methyl/N-ethyl adjacent to an activating group) is 1. The molecule has 0 aliphatic heterocycles. The summed E-state index contributed by atoms with van der Waals surface area (Å²) in [6.45, 7) is 0.462. The lowest BCUT2D eigenvalue weighted by molar-refractivity contribution is -0.132. The number of rotatable bonds is 8. The molecular formula is C24H24N2O4. The Balaban J connectivity index is 1.56. The van der Waals surface area contributed by atoms with Gasteiger partial charge in [0.05, 0.1) is 11.3 Å². The first-order valence-corrected chi connectivity index (χ1v) is 9.54. The highest BCUT2D eigenvalue weighted by Gasteiger charge is 2.14. The van der Waals surface area contributed by atoms with Gasteiger partial charge in [0.15, 0.2) is 6.61 Å². The maximum absolute atomic E-state index is 12.4. The van der Waals surface area contributed by atoms with Crippen LogP contribution in [0.1, 0.15) is 21.5 Å². The van der Waals surface area contributed by atoms with Crippen molar-refractivity contribution in [2.75, 3.05) is 19.4 Å². The molecule has 0 radical (unpaired) electrons. The Morgan fingerprint density at radius 2 is 1.53 bits per heavy atom. The SMILES string of the molecule is CN(Cc1ccccc1)C(=O)COc1cc(C(=O)OCc2ccccc2)ccc1N. The average molecular weight is 404 g/mol. The first-order valence-electron chi connectivity index (χ1n) is 9.54. The number of amides is 1. The van der Waals surface area contributed by atoms with Crippen LogP contribution < -0.4 is 10.5 Å². The molecule has 0 fully saturated rings. The van der Waals surface area contributed by atoms with E-state index in [1.807, 2.05) is 60.7 Å². The van der Waals surface area contributed by atoms with Crippen LogP contribution in [0.15, 0.2) is 78.9 Å². The molecule has 0 saturated heterocycles. The minimum atomic E-state index is -0.490. The summed E-state index contributed by atoms with van der Waals surface area (Å²) in [4.78, 5) is 26.3. The van der Waals surface area contributed by atoms with Crippen LogP contribution in [0, 0.1) is 0 Å². The molecule has 1 amide bonds. The van der Waals surface area contributed by atoms with E-state index in [2.05, 4.69) is 0 Å². The fourth-order valence-electron chi connectivity index (χ4n) is 2.79. The lowest BCUT2D eigenvalue weighted by Gasteiger charge is -2.18. The number of nitrogens with two attached hydrogens (primary N) is 1. The molecule has 0 aliphatic carbocycles. The van der Waals surface area contributed by atoms with Gasteiger partial charge < -0.3 is 20.1 Å². The molecule has 0 aliphatic rings. The molecule has 2 N–H and O–H groups in total. The van der Waals surface area contributed by atoms with Gasteiger partial charge in [0.25, 0.3) is 5.91 Å². The van der Waals surface area contributed by atoms with Gasteiger partial charge in [-0.15, -0.1) is 0 Å². The number of benzene rings is 3. The molecule has 3 aromatic rings. The lowest BCUT2D eigenvalue weighted by atomic mass is 10.2. The predicted molar refractivity (Wildman–Crippen MR) is 115 cm³/mol. The van der Waals surface area contributed by atoms with E-state index in [9.17, 15) is 9.59 Å². The summed E-state index contributed by atoms with van der Waals surface area (Å²) in [6, 6.07) is 23.7. The Morgan fingerprint density at radius 3 is 2.20 bits per heavy atom. The largest absolute Gasteiger partial charge is 0.482 e. The summed E-state index contributed by atoms with van der Waals surface area (Å²) in [5.74, 6) is -0.419. The standard InChI is InChI=1S/C24H24N2O4/c1-26(15-18-8-4-2-5-9-18)23(27)17-29-22-14-20(12-13-21(22)25)24(28)30-16-19-10-6-3-7-11-19/h2-14H,15-17,25H2,1H3. The first-order chi connectivity index (χ1) is 14.5. The number of nitrogen functional groups attached to an aromatic ring is 1. The van der Waals surface area contributed by atoms with Gasteiger partial charge in [-0.25, -0.2) is 4.79 Å². The maximum Gasteiger partial charge on any atom is 0.338 e. The third-order valence-electron chi connectivity index (χ3n) is 4.50. The third kappa shape index (κ3) is 5.85. The van der Waals surface area contributed by atoms with Crippen LogP contribution in [-0.4, -0.2) is 30.4 Å². The molecule has 6 nitrogen and oxygen atoms in total. The zero-order valence-electron chi connectivity index (χ0n) is 16.8. The Bertz CT molecular complexity index is 991. The van der Waals surface area contributed by atoms with E-state index in [-0.39, 0.29) is 24.9 Å². The van der Waals surface area contributed by atoms with E-state index < -0.39 is 5.97 Å². The van der Waals surface area contributed by atoms with Crippen LogP contribution in [0.3, 0.4) is 0 Å². The molecular weight excluding hydrogens is 380 g/mol. The highest BCUT2D eigenvalue weighted by molar-refractivity contribution is 5.90. The Hall–Kier alpha value is -3.80. The molecule has 6 heteroatoms. The quantitative estimate of drug-likeness (QED) is 0.458. The zero-order chi connectivity index (χ0) is 21.3. The van der Waals surface area contributed by atoms with Gasteiger partial charge in [-0.05, 0) is 29.3 Å². The van der Waals surface area contributed by atoms with Crippen molar-refractivity contribution in [3.05, 3.63) is 95.6 Å². The van der Waals surface area contributed by atoms with Crippen molar-refractivity contribution in [1.29, 1.82) is 0 Å². The van der Waals surface area contributed by atoms with Gasteiger partial charge in [-0.1, -0.05) is 60.7 Å². The summed E-state index contributed by atoms with van der Waals surface area (Å²) in [6.07, 6.45) is 0. The van der Waals surface area contributed by atoms with Crippen LogP contribution in [0.4, 0.5) is 5.69 Å². The minimum Gasteiger partial charge on any atom is -0.482 e. The Kier molecular flexibility index (Phi) is 7.05. The van der Waals surface area contributed by atoms with Gasteiger partial charge in [0, 0.05) is 13.6 Å². The number of nitrogens with zero attached hydrogens (tertiary/aromatic N) is 1. The molecule has 0 bridgehead atoms. The van der Waals surface area contributed by atoms with Crippen LogP contribution >= 0.6 is 0 Å². The van der Waals surface area contributed by atoms with Crippen molar-refractivity contribution in [3.8, 4) is 5.75 Å². The number of ether oxygens (including phenoxy) is 2. The summed E-state index contributed by atoms with van der Waals surface area (Å²) >= 11 is 0. The van der Waals surface area contributed by atoms with Gasteiger partial charge in [0.2, 0.25) is 0 Å². The predicted octanol–water partition coefficient (Wildman–Crippen LogP) is 3.66. The lowest BCUT2D eigenvalue weighted by Crippen LogP contribution is -2.31. The van der Waals surface area contributed by atoms with Crippen molar-refractivity contribution >= 4 is 17.6 Å². The van der Waals surface area contributed by atoms with Gasteiger partial charge in [-0.3, -0.25) is 4.79 Å². The van der Waals surface area contributed by atoms with Crippen LogP contribution in [-0.2, 0) is 22.7 Å². The molecule has 0 aromatic heterocycles. The van der Waals surface area contributed by atoms with E-state index in [0.717, 1.165) is 11.1 Å². The summed E-state index contributed by atoms with van der Waals surface area (Å²) < 4.78 is 10.9. The normalized spacial score (nSPS) is 10.3. The second-order valence-electron chi connectivity index (χ2n) is 6.84. The van der Waals surface area contributed by atoms with Crippen molar-refractivity contribution in [1.82, 2.24) is 4.90 Å². The Labute approximate surface area is 175 Å². The second kappa shape index (κ2) is 10.1. The smallest absolute Gasteiger partial charge is 0.338 e. The fraction of sp³-hybridized carbons (Fsp3) is 0.167. The number of esters is 1. The fourth-order valence-corrected chi connectivity index (χ4v) is 2.79. The number of hydrogen-bond acceptors (Lipinski definition) is 5. The van der Waals surface area contributed by atoms with Crippen molar-refractivity contribution in [2.24, 2.45) is 0 Å². The molecule has 0 spiro atoms. The molecule has 0 saturated carbocycles. The molecule has 30 heavy (non-hydrogen) atoms. The van der Waals surface area contributed by atoms with E-state index in [0.29, 0.717) is 17.8 Å². The summed E-state index contributed by atoms with van der Waals surface area (Å²) in [7, 11) is 1.71. The summed E-state index contributed by atoms with van der Waals surface area (Å²) in [5, 5.41) is 0. The van der Waals surface area contributed by atoms with Gasteiger partial charge >= 0.3 is 5.97 Å². The molecule has 0 unspecified atom stereocenters. The number of carbonyl (C=O) groups is 2. The van der Waals surface area contributed by atoms with E-state index in [1.54, 1.807) is 24.1 Å². The molecule has 3 rings (SSSR count). The van der Waals surface area contributed by atoms with Crippen molar-refractivity contribution in [3.63, 3.8) is 0 Å². The van der Waals surface area contributed by atoms with Crippen molar-refractivity contribution in [2.45, 2.75) is 13.2 Å². The zero-order valence-corrected chi connectivity index (χ0v) is 16.8. The van der Waals surface area contributed by atoms with Gasteiger partial charge in [-0.2, -0.15) is 0 Å². The number of hydrogen-bond donors (Lipinski definition) is 1. The average Bonchev–Trinajstić information content (AvgIpc) is 2.78. The minimum absolute atomic E-state index is 0.170. The number of carbonyl (C=O) groups excluding carboxylic acids is 2. The third-order valence-corrected chi connectivity index (χ3v) is 4.50. The molecule has 0 heterocycles. The number of anilines is 1. The van der Waals surface area contributed by atoms with Crippen LogP contribution in [0.25, 0.3) is 0 Å².